The summed E-state index contributed by atoms with van der Waals surface area (Å²) in [6.45, 7) is 0.810. The average molecular weight is 231 g/mol. The summed E-state index contributed by atoms with van der Waals surface area (Å²) in [5.41, 5.74) is 1.10. The molecule has 16 heavy (non-hydrogen) atoms. The van der Waals surface area contributed by atoms with Crippen LogP contribution in [0, 0.1) is 11.8 Å². The molecule has 1 saturated heterocycles. The summed E-state index contributed by atoms with van der Waals surface area (Å²) < 4.78 is 0. The second-order valence-electron chi connectivity index (χ2n) is 3.94. The maximum Gasteiger partial charge on any atom is 0.0582 e. The molecule has 2 heteroatoms. The molecule has 0 spiro atoms. The van der Waals surface area contributed by atoms with Crippen molar-refractivity contribution < 1.29 is 0 Å². The van der Waals surface area contributed by atoms with Crippen LogP contribution < -0.4 is 5.32 Å². The smallest absolute Gasteiger partial charge is 0.0582 e. The Labute approximate surface area is 102 Å². The second-order valence-corrected chi connectivity index (χ2v) is 5.16. The van der Waals surface area contributed by atoms with Crippen LogP contribution in [0.1, 0.15) is 18.4 Å². The Kier molecular flexibility index (Phi) is 4.79. The van der Waals surface area contributed by atoms with E-state index < -0.39 is 0 Å². The van der Waals surface area contributed by atoms with Crippen LogP contribution in [0.3, 0.4) is 0 Å². The van der Waals surface area contributed by atoms with E-state index in [0.717, 1.165) is 12.1 Å². The molecule has 0 radical (unpaired) electrons. The van der Waals surface area contributed by atoms with E-state index in [4.69, 9.17) is 0 Å². The van der Waals surface area contributed by atoms with Gasteiger partial charge in [-0.05, 0) is 36.5 Å². The Balaban J connectivity index is 1.73. The minimum atomic E-state index is 0.686. The van der Waals surface area contributed by atoms with Gasteiger partial charge in [0.15, 0.2) is 0 Å². The van der Waals surface area contributed by atoms with Crippen LogP contribution in [0.15, 0.2) is 30.3 Å². The number of benzene rings is 1. The SMILES string of the molecule is C(#Cc1ccccc1)CNC1CCSCC1. The molecule has 0 unspecified atom stereocenters. The van der Waals surface area contributed by atoms with Gasteiger partial charge >= 0.3 is 0 Å². The highest BCUT2D eigenvalue weighted by atomic mass is 32.2. The first kappa shape index (κ1) is 11.6. The Hall–Kier alpha value is -0.910. The van der Waals surface area contributed by atoms with E-state index in [2.05, 4.69) is 28.9 Å². The predicted octanol–water partition coefficient (Wildman–Crippen LogP) is 2.52. The lowest BCUT2D eigenvalue weighted by Crippen LogP contribution is -2.32. The van der Waals surface area contributed by atoms with Crippen LogP contribution in [0.2, 0.25) is 0 Å². The molecule has 0 aliphatic carbocycles. The molecule has 0 saturated carbocycles. The summed E-state index contributed by atoms with van der Waals surface area (Å²) in [6.07, 6.45) is 2.58. The first-order chi connectivity index (χ1) is 7.95. The van der Waals surface area contributed by atoms with E-state index in [1.165, 1.54) is 24.3 Å². The van der Waals surface area contributed by atoms with Gasteiger partial charge in [-0.2, -0.15) is 11.8 Å². The van der Waals surface area contributed by atoms with Crippen LogP contribution in [0.5, 0.6) is 0 Å². The lowest BCUT2D eigenvalue weighted by Gasteiger charge is -2.21. The molecule has 1 heterocycles. The monoisotopic (exact) mass is 231 g/mol. The normalized spacial score (nSPS) is 16.5. The van der Waals surface area contributed by atoms with Gasteiger partial charge in [0.2, 0.25) is 0 Å². The van der Waals surface area contributed by atoms with Crippen LogP contribution in [-0.2, 0) is 0 Å². The van der Waals surface area contributed by atoms with Gasteiger partial charge in [0, 0.05) is 11.6 Å². The number of thioether (sulfide) groups is 1. The predicted molar refractivity (Wildman–Crippen MR) is 71.7 cm³/mol. The zero-order valence-electron chi connectivity index (χ0n) is 9.41. The Morgan fingerprint density at radius 1 is 1.19 bits per heavy atom. The van der Waals surface area contributed by atoms with Crippen molar-refractivity contribution in [2.45, 2.75) is 18.9 Å². The van der Waals surface area contributed by atoms with Crippen LogP contribution in [-0.4, -0.2) is 24.1 Å². The number of hydrogen-bond acceptors (Lipinski definition) is 2. The van der Waals surface area contributed by atoms with E-state index >= 15 is 0 Å². The quantitative estimate of drug-likeness (QED) is 0.785. The molecule has 0 atom stereocenters. The van der Waals surface area contributed by atoms with Crippen LogP contribution in [0.4, 0.5) is 0 Å². The first-order valence-electron chi connectivity index (χ1n) is 5.80. The Bertz CT molecular complexity index is 357. The van der Waals surface area contributed by atoms with Gasteiger partial charge < -0.3 is 5.32 Å². The molecule has 1 aliphatic heterocycles. The molecule has 1 nitrogen and oxygen atoms in total. The van der Waals surface area contributed by atoms with Crippen molar-refractivity contribution in [1.29, 1.82) is 0 Å². The standard InChI is InChI=1S/C14H17NS/c1-2-5-13(6-3-1)7-4-10-15-14-8-11-16-12-9-14/h1-3,5-6,14-15H,8-12H2. The van der Waals surface area contributed by atoms with E-state index in [1.54, 1.807) is 0 Å². The lowest BCUT2D eigenvalue weighted by atomic mass is 10.1. The molecule has 1 aromatic rings. The summed E-state index contributed by atoms with van der Waals surface area (Å²) >= 11 is 2.06. The fourth-order valence-corrected chi connectivity index (χ4v) is 2.87. The molecule has 0 amide bonds. The number of rotatable bonds is 2. The molecule has 1 fully saturated rings. The van der Waals surface area contributed by atoms with E-state index in [9.17, 15) is 0 Å². The molecule has 1 aliphatic rings. The Morgan fingerprint density at radius 3 is 2.69 bits per heavy atom. The van der Waals surface area contributed by atoms with Crippen molar-refractivity contribution in [2.24, 2.45) is 0 Å². The molecule has 0 bridgehead atoms. The van der Waals surface area contributed by atoms with Gasteiger partial charge in [0.05, 0.1) is 6.54 Å². The lowest BCUT2D eigenvalue weighted by molar-refractivity contribution is 0.511. The fourth-order valence-electron chi connectivity index (χ4n) is 1.76. The average Bonchev–Trinajstić information content (AvgIpc) is 2.37. The maximum atomic E-state index is 3.50. The number of hydrogen-bond donors (Lipinski definition) is 1. The topological polar surface area (TPSA) is 12.0 Å². The van der Waals surface area contributed by atoms with Crippen molar-refractivity contribution in [3.8, 4) is 11.8 Å². The van der Waals surface area contributed by atoms with Gasteiger partial charge in [0.1, 0.15) is 0 Å². The summed E-state index contributed by atoms with van der Waals surface area (Å²) in [4.78, 5) is 0. The van der Waals surface area contributed by atoms with Crippen molar-refractivity contribution in [3.05, 3.63) is 35.9 Å². The molecule has 0 aromatic heterocycles. The van der Waals surface area contributed by atoms with Crippen molar-refractivity contribution in [3.63, 3.8) is 0 Å². The van der Waals surface area contributed by atoms with Crippen molar-refractivity contribution in [1.82, 2.24) is 5.32 Å². The highest BCUT2D eigenvalue weighted by Gasteiger charge is 2.11. The van der Waals surface area contributed by atoms with E-state index in [-0.39, 0.29) is 0 Å². The summed E-state index contributed by atoms with van der Waals surface area (Å²) in [5, 5.41) is 3.50. The molecule has 1 aromatic carbocycles. The zero-order chi connectivity index (χ0) is 11.1. The second kappa shape index (κ2) is 6.62. The zero-order valence-corrected chi connectivity index (χ0v) is 10.2. The minimum Gasteiger partial charge on any atom is -0.303 e. The minimum absolute atomic E-state index is 0.686. The highest BCUT2D eigenvalue weighted by Crippen LogP contribution is 2.16. The number of nitrogens with one attached hydrogen (secondary N) is 1. The summed E-state index contributed by atoms with van der Waals surface area (Å²) in [6, 6.07) is 10.8. The van der Waals surface area contributed by atoms with Gasteiger partial charge in [-0.15, -0.1) is 0 Å². The summed E-state index contributed by atoms with van der Waals surface area (Å²) in [5.74, 6) is 8.94. The fraction of sp³-hybridized carbons (Fsp3) is 0.429. The maximum absolute atomic E-state index is 3.50. The van der Waals surface area contributed by atoms with Crippen molar-refractivity contribution in [2.75, 3.05) is 18.1 Å². The van der Waals surface area contributed by atoms with Crippen molar-refractivity contribution >= 4 is 11.8 Å². The van der Waals surface area contributed by atoms with Gasteiger partial charge in [0.25, 0.3) is 0 Å². The third-order valence-electron chi connectivity index (χ3n) is 2.71. The molecule has 2 rings (SSSR count). The van der Waals surface area contributed by atoms with E-state index in [0.29, 0.717) is 6.04 Å². The largest absolute Gasteiger partial charge is 0.303 e. The van der Waals surface area contributed by atoms with Crippen LogP contribution >= 0.6 is 11.8 Å². The third kappa shape index (κ3) is 3.92. The first-order valence-corrected chi connectivity index (χ1v) is 6.96. The van der Waals surface area contributed by atoms with Crippen LogP contribution in [0.25, 0.3) is 0 Å². The molecule has 84 valence electrons. The molecule has 1 N–H and O–H groups in total. The third-order valence-corrected chi connectivity index (χ3v) is 3.76. The molecular weight excluding hydrogens is 214 g/mol. The van der Waals surface area contributed by atoms with Gasteiger partial charge in [-0.3, -0.25) is 0 Å². The highest BCUT2D eigenvalue weighted by molar-refractivity contribution is 7.99. The van der Waals surface area contributed by atoms with E-state index in [1.807, 2.05) is 30.3 Å². The molecular formula is C14H17NS. The van der Waals surface area contributed by atoms with Gasteiger partial charge in [-0.1, -0.05) is 30.0 Å². The van der Waals surface area contributed by atoms with Gasteiger partial charge in [-0.25, -0.2) is 0 Å². The Morgan fingerprint density at radius 2 is 1.94 bits per heavy atom. The summed E-state index contributed by atoms with van der Waals surface area (Å²) in [7, 11) is 0.